The molecule has 0 unspecified atom stereocenters. The smallest absolute Gasteiger partial charge is 0.150 e. The maximum absolute atomic E-state index is 11.6. The highest BCUT2D eigenvalue weighted by atomic mass is 16.1. The van der Waals surface area contributed by atoms with E-state index in [-0.39, 0.29) is 0 Å². The van der Waals surface area contributed by atoms with Crippen molar-refractivity contribution in [1.29, 1.82) is 0 Å². The van der Waals surface area contributed by atoms with Crippen molar-refractivity contribution in [3.63, 3.8) is 0 Å². The Morgan fingerprint density at radius 2 is 0.635 bits per heavy atom. The second kappa shape index (κ2) is 12.9. The molecule has 2 aliphatic rings. The van der Waals surface area contributed by atoms with Gasteiger partial charge in [0.15, 0.2) is 0 Å². The van der Waals surface area contributed by atoms with Crippen LogP contribution in [0.25, 0.3) is 90.9 Å². The maximum Gasteiger partial charge on any atom is 0.150 e. The standard InChI is InChI=1S/C46H30N4O2/c51-27-29-11-15-33(16-12-29)45-39-23-19-35(47-39)43(31-7-3-1-4-8-31)36-20-24-40(48-36)46(34-17-13-30(28-52)14-18-34)42-26-22-38(50-42)44(32-9-5-2-6-10-32)37-21-25-41(45)49-37/h1-28,47,50H. The molecule has 0 amide bonds. The van der Waals surface area contributed by atoms with Gasteiger partial charge in [0.05, 0.1) is 22.8 Å². The second-order valence-corrected chi connectivity index (χ2v) is 12.7. The highest BCUT2D eigenvalue weighted by Crippen LogP contribution is 2.38. The number of rotatable bonds is 6. The average Bonchev–Trinajstić information content (AvgIpc) is 4.04. The lowest BCUT2D eigenvalue weighted by Crippen LogP contribution is -1.90. The molecule has 5 heterocycles. The summed E-state index contributed by atoms with van der Waals surface area (Å²) < 4.78 is 0. The quantitative estimate of drug-likeness (QED) is 0.172. The summed E-state index contributed by atoms with van der Waals surface area (Å²) in [6.07, 6.45) is 9.96. The van der Waals surface area contributed by atoms with Crippen LogP contribution in [0.5, 0.6) is 0 Å². The zero-order valence-electron chi connectivity index (χ0n) is 27.9. The molecule has 0 fully saturated rings. The summed E-state index contributed by atoms with van der Waals surface area (Å²) in [7, 11) is 0. The van der Waals surface area contributed by atoms with Crippen LogP contribution >= 0.6 is 0 Å². The van der Waals surface area contributed by atoms with Gasteiger partial charge in [-0.1, -0.05) is 109 Å². The number of fused-ring (bicyclic) bond motifs is 8. The van der Waals surface area contributed by atoms with E-state index in [4.69, 9.17) is 9.97 Å². The van der Waals surface area contributed by atoms with E-state index < -0.39 is 0 Å². The van der Waals surface area contributed by atoms with Crippen molar-refractivity contribution in [2.45, 2.75) is 0 Å². The normalized spacial score (nSPS) is 11.8. The second-order valence-electron chi connectivity index (χ2n) is 12.7. The number of hydrogen-bond acceptors (Lipinski definition) is 4. The number of aromatic amines is 2. The Morgan fingerprint density at radius 1 is 0.346 bits per heavy atom. The number of H-pyrrole nitrogens is 2. The van der Waals surface area contributed by atoms with Gasteiger partial charge >= 0.3 is 0 Å². The Balaban J connectivity index is 1.46. The average molecular weight is 671 g/mol. The Hall–Kier alpha value is -7.18. The van der Waals surface area contributed by atoms with Crippen LogP contribution in [0, 0.1) is 0 Å². The number of aldehydes is 2. The first-order valence-electron chi connectivity index (χ1n) is 17.1. The van der Waals surface area contributed by atoms with E-state index in [9.17, 15) is 9.59 Å². The number of nitrogens with zero attached hydrogens (tertiary/aromatic N) is 2. The molecule has 4 aromatic carbocycles. The fourth-order valence-electron chi connectivity index (χ4n) is 7.09. The third-order valence-electron chi connectivity index (χ3n) is 9.55. The summed E-state index contributed by atoms with van der Waals surface area (Å²) in [6.45, 7) is 0. The Morgan fingerprint density at radius 3 is 0.923 bits per heavy atom. The third-order valence-corrected chi connectivity index (χ3v) is 9.55. The van der Waals surface area contributed by atoms with Gasteiger partial charge in [-0.25, -0.2) is 9.97 Å². The van der Waals surface area contributed by atoms with Crippen molar-refractivity contribution in [3.05, 3.63) is 167 Å². The minimum absolute atomic E-state index is 0.608. The highest BCUT2D eigenvalue weighted by Gasteiger charge is 2.19. The maximum atomic E-state index is 11.6. The van der Waals surface area contributed by atoms with Crippen molar-refractivity contribution in [1.82, 2.24) is 19.9 Å². The van der Waals surface area contributed by atoms with Gasteiger partial charge in [0.1, 0.15) is 12.6 Å². The van der Waals surface area contributed by atoms with Crippen molar-refractivity contribution in [3.8, 4) is 44.5 Å². The van der Waals surface area contributed by atoms with E-state index in [1.165, 1.54) is 0 Å². The molecular weight excluding hydrogens is 641 g/mol. The largest absolute Gasteiger partial charge is 0.354 e. The molecule has 2 N–H and O–H groups in total. The number of carbonyl (C=O) groups is 2. The Kier molecular flexibility index (Phi) is 7.67. The van der Waals surface area contributed by atoms with Crippen LogP contribution in [-0.4, -0.2) is 32.5 Å². The van der Waals surface area contributed by atoms with Gasteiger partial charge in [0.25, 0.3) is 0 Å². The van der Waals surface area contributed by atoms with Crippen LogP contribution in [0.4, 0.5) is 0 Å². The molecular formula is C46H30N4O2. The first-order chi connectivity index (χ1) is 25.7. The first-order valence-corrected chi connectivity index (χ1v) is 17.1. The zero-order chi connectivity index (χ0) is 35.0. The molecule has 0 aliphatic carbocycles. The number of benzene rings is 4. The van der Waals surface area contributed by atoms with Crippen LogP contribution in [0.15, 0.2) is 133 Å². The van der Waals surface area contributed by atoms with E-state index >= 15 is 0 Å². The monoisotopic (exact) mass is 670 g/mol. The fraction of sp³-hybridized carbons (Fsp3) is 0. The molecule has 0 spiro atoms. The van der Waals surface area contributed by atoms with Gasteiger partial charge in [0.2, 0.25) is 0 Å². The van der Waals surface area contributed by atoms with Crippen LogP contribution in [0.2, 0.25) is 0 Å². The molecule has 6 nitrogen and oxygen atoms in total. The molecule has 0 saturated carbocycles. The molecule has 8 bridgehead atoms. The molecule has 0 radical (unpaired) electrons. The van der Waals surface area contributed by atoms with Gasteiger partial charge in [0, 0.05) is 55.4 Å². The van der Waals surface area contributed by atoms with E-state index in [0.717, 1.165) is 102 Å². The minimum Gasteiger partial charge on any atom is -0.354 e. The van der Waals surface area contributed by atoms with Gasteiger partial charge in [-0.15, -0.1) is 0 Å². The summed E-state index contributed by atoms with van der Waals surface area (Å²) in [5, 5.41) is 0. The Bertz CT molecular complexity index is 2550. The van der Waals surface area contributed by atoms with E-state index in [2.05, 4.69) is 82.8 Å². The Labute approximate surface area is 299 Å². The van der Waals surface area contributed by atoms with Crippen molar-refractivity contribution < 1.29 is 9.59 Å². The van der Waals surface area contributed by atoms with Crippen LogP contribution in [-0.2, 0) is 0 Å². The topological polar surface area (TPSA) is 91.5 Å². The fourth-order valence-corrected chi connectivity index (χ4v) is 7.09. The molecule has 6 heteroatoms. The van der Waals surface area contributed by atoms with Gasteiger partial charge < -0.3 is 9.97 Å². The van der Waals surface area contributed by atoms with Crippen molar-refractivity contribution in [2.75, 3.05) is 0 Å². The summed E-state index contributed by atoms with van der Waals surface area (Å²) >= 11 is 0. The summed E-state index contributed by atoms with van der Waals surface area (Å²) in [5.41, 5.74) is 15.7. The molecule has 0 saturated heterocycles. The summed E-state index contributed by atoms with van der Waals surface area (Å²) in [4.78, 5) is 41.3. The molecule has 246 valence electrons. The SMILES string of the molecule is O=Cc1ccc(-c2c3nc(c(-c4ccccc4)c4ccc([nH]4)c(-c4ccc(C=O)cc4)c4nc(c(-c5ccccc5)c5ccc2[nH]5)C=C4)C=C3)cc1. The third kappa shape index (κ3) is 5.49. The van der Waals surface area contributed by atoms with E-state index in [0.29, 0.717) is 11.1 Å². The number of hydrogen-bond donors (Lipinski definition) is 2. The summed E-state index contributed by atoms with van der Waals surface area (Å²) in [5.74, 6) is 0. The van der Waals surface area contributed by atoms with E-state index in [1.54, 1.807) is 0 Å². The lowest BCUT2D eigenvalue weighted by molar-refractivity contribution is 0.111. The summed E-state index contributed by atoms with van der Waals surface area (Å²) in [6, 6.07) is 44.1. The molecule has 7 aromatic rings. The lowest BCUT2D eigenvalue weighted by Gasteiger charge is -2.07. The number of carbonyl (C=O) groups excluding carboxylic acids is 2. The minimum atomic E-state index is 0.608. The number of aromatic nitrogens is 4. The predicted molar refractivity (Wildman–Crippen MR) is 211 cm³/mol. The van der Waals surface area contributed by atoms with Crippen molar-refractivity contribution >= 4 is 58.9 Å². The van der Waals surface area contributed by atoms with Crippen LogP contribution in [0.3, 0.4) is 0 Å². The predicted octanol–water partition coefficient (Wildman–Crippen LogP) is 10.9. The van der Waals surface area contributed by atoms with Gasteiger partial charge in [-0.05, 0) is 70.8 Å². The molecule has 0 atom stereocenters. The highest BCUT2D eigenvalue weighted by molar-refractivity contribution is 6.00. The first kappa shape index (κ1) is 30.8. The molecule has 2 aliphatic heterocycles. The number of nitrogens with one attached hydrogen (secondary N) is 2. The van der Waals surface area contributed by atoms with Gasteiger partial charge in [-0.2, -0.15) is 0 Å². The lowest BCUT2D eigenvalue weighted by atomic mass is 10.0. The molecule has 3 aromatic heterocycles. The molecule has 9 rings (SSSR count). The van der Waals surface area contributed by atoms with Crippen LogP contribution in [0.1, 0.15) is 43.5 Å². The zero-order valence-corrected chi connectivity index (χ0v) is 27.9. The van der Waals surface area contributed by atoms with Gasteiger partial charge in [-0.3, -0.25) is 9.59 Å². The van der Waals surface area contributed by atoms with Crippen molar-refractivity contribution in [2.24, 2.45) is 0 Å². The molecule has 52 heavy (non-hydrogen) atoms. The van der Waals surface area contributed by atoms with Crippen LogP contribution < -0.4 is 0 Å². The van der Waals surface area contributed by atoms with E-state index in [1.807, 2.05) is 84.9 Å².